The van der Waals surface area contributed by atoms with Crippen LogP contribution in [0.4, 0.5) is 57.1 Å². The van der Waals surface area contributed by atoms with E-state index < -0.39 is 76.5 Å². The quantitative estimate of drug-likeness (QED) is 0.226. The van der Waals surface area contributed by atoms with Gasteiger partial charge in [-0.1, -0.05) is 41.9 Å². The molecule has 3 rings (SSSR count). The van der Waals surface area contributed by atoms with Crippen molar-refractivity contribution >= 4 is 11.6 Å². The molecule has 0 heterocycles. The minimum Gasteiger partial charge on any atom is -0.457 e. The van der Waals surface area contributed by atoms with E-state index in [-0.39, 0.29) is 23.4 Å². The van der Waals surface area contributed by atoms with Gasteiger partial charge in [0.25, 0.3) is 0 Å². The molecule has 0 aliphatic heterocycles. The summed E-state index contributed by atoms with van der Waals surface area (Å²) in [5.74, 6) is -13.0. The summed E-state index contributed by atoms with van der Waals surface area (Å²) in [6.07, 6.45) is -19.7. The molecule has 0 fully saturated rings. The first-order valence-electron chi connectivity index (χ1n) is 11.6. The maximum Gasteiger partial charge on any atom is 0.460 e. The number of halogens is 14. The maximum absolute atomic E-state index is 14.4. The van der Waals surface area contributed by atoms with Crippen molar-refractivity contribution in [1.82, 2.24) is 5.32 Å². The molecule has 0 aromatic heterocycles. The third-order valence-corrected chi connectivity index (χ3v) is 6.23. The summed E-state index contributed by atoms with van der Waals surface area (Å²) >= 11 is 5.56. The lowest BCUT2D eigenvalue weighted by atomic mass is 9.93. The largest absolute Gasteiger partial charge is 0.460 e. The van der Waals surface area contributed by atoms with E-state index in [9.17, 15) is 62.2 Å². The lowest BCUT2D eigenvalue weighted by Gasteiger charge is -2.29. The van der Waals surface area contributed by atoms with Crippen LogP contribution < -0.4 is 10.1 Å². The summed E-state index contributed by atoms with van der Waals surface area (Å²) in [5, 5.41) is 10.9. The van der Waals surface area contributed by atoms with E-state index in [1.165, 1.54) is 12.1 Å². The molecule has 0 spiro atoms. The topological polar surface area (TPSA) is 41.5 Å². The molecular weight excluding hydrogens is 641 g/mol. The molecule has 2 atom stereocenters. The van der Waals surface area contributed by atoms with E-state index in [1.807, 2.05) is 0 Å². The zero-order chi connectivity index (χ0) is 32.6. The minimum atomic E-state index is -6.67. The van der Waals surface area contributed by atoms with Crippen molar-refractivity contribution in [2.24, 2.45) is 0 Å². The van der Waals surface area contributed by atoms with Crippen molar-refractivity contribution in [2.45, 2.75) is 42.5 Å². The van der Waals surface area contributed by atoms with Crippen LogP contribution >= 0.6 is 11.6 Å². The van der Waals surface area contributed by atoms with Crippen molar-refractivity contribution in [3.63, 3.8) is 0 Å². The van der Waals surface area contributed by atoms with Gasteiger partial charge in [0.1, 0.15) is 11.5 Å². The number of hydrogen-bond donors (Lipinski definition) is 2. The average Bonchev–Trinajstić information content (AvgIpc) is 2.88. The molecule has 0 bridgehead atoms. The molecular formula is C26H17ClF13NO2. The van der Waals surface area contributed by atoms with Gasteiger partial charge in [-0.2, -0.15) is 57.1 Å². The van der Waals surface area contributed by atoms with Crippen LogP contribution in [0.15, 0.2) is 66.7 Å². The Balaban J connectivity index is 2.06. The van der Waals surface area contributed by atoms with Crippen LogP contribution in [0.3, 0.4) is 0 Å². The van der Waals surface area contributed by atoms with Crippen LogP contribution in [-0.2, 0) is 12.1 Å². The van der Waals surface area contributed by atoms with Crippen LogP contribution in [0.2, 0.25) is 5.02 Å². The second kappa shape index (κ2) is 12.0. The Hall–Kier alpha value is -3.24. The van der Waals surface area contributed by atoms with Gasteiger partial charge in [-0.3, -0.25) is 0 Å². The second-order valence-corrected chi connectivity index (χ2v) is 9.39. The highest BCUT2D eigenvalue weighted by atomic mass is 35.5. The maximum atomic E-state index is 14.4. The van der Waals surface area contributed by atoms with Gasteiger partial charge < -0.3 is 15.2 Å². The fourth-order valence-corrected chi connectivity index (χ4v) is 3.95. The first-order valence-corrected chi connectivity index (χ1v) is 12.0. The predicted molar refractivity (Wildman–Crippen MR) is 126 cm³/mol. The van der Waals surface area contributed by atoms with Gasteiger partial charge in [-0.05, 0) is 47.5 Å². The molecule has 0 radical (unpaired) electrons. The van der Waals surface area contributed by atoms with Gasteiger partial charge in [0, 0.05) is 12.1 Å². The normalized spacial score (nSPS) is 14.9. The van der Waals surface area contributed by atoms with Crippen molar-refractivity contribution < 1.29 is 66.9 Å². The van der Waals surface area contributed by atoms with Gasteiger partial charge in [0.2, 0.25) is 0 Å². The smallest absolute Gasteiger partial charge is 0.457 e. The molecule has 0 aliphatic carbocycles. The summed E-state index contributed by atoms with van der Waals surface area (Å²) < 4.78 is 178. The van der Waals surface area contributed by atoms with E-state index in [0.717, 1.165) is 30.3 Å². The van der Waals surface area contributed by atoms with Gasteiger partial charge in [-0.15, -0.1) is 0 Å². The number of hydrogen-bond acceptors (Lipinski definition) is 3. The molecule has 236 valence electrons. The van der Waals surface area contributed by atoms with E-state index in [1.54, 1.807) is 0 Å². The fraction of sp³-hybridized carbons (Fsp3) is 0.308. The Labute approximate surface area is 238 Å². The standard InChI is InChI=1S/C26H17ClF13NO2/c27-19-8-7-17(11-18(19)23(30,31)32)43-16-6-2-4-14(10-16)21(41-12-20(42)24(33,34)35)13-3-1-5-15(9-13)22(28,29)25(36,37)26(38,39)40/h1-11,20-21,41-42H,12H2/t20-,21?/m1/s1. The average molecular weight is 658 g/mol. The van der Waals surface area contributed by atoms with Gasteiger partial charge in [-0.25, -0.2) is 0 Å². The van der Waals surface area contributed by atoms with Crippen molar-refractivity contribution in [3.8, 4) is 11.5 Å². The third-order valence-electron chi connectivity index (χ3n) is 5.90. The highest BCUT2D eigenvalue weighted by Crippen LogP contribution is 2.52. The Morgan fingerprint density at radius 2 is 1.28 bits per heavy atom. The van der Waals surface area contributed by atoms with E-state index in [2.05, 4.69) is 5.32 Å². The third kappa shape index (κ3) is 7.65. The number of ether oxygens (including phenoxy) is 1. The monoisotopic (exact) mass is 657 g/mol. The van der Waals surface area contributed by atoms with Gasteiger partial charge >= 0.3 is 30.4 Å². The van der Waals surface area contributed by atoms with Crippen LogP contribution in [0, 0.1) is 0 Å². The molecule has 3 nitrogen and oxygen atoms in total. The van der Waals surface area contributed by atoms with E-state index in [4.69, 9.17) is 16.3 Å². The summed E-state index contributed by atoms with van der Waals surface area (Å²) in [6.45, 7) is -1.30. The summed E-state index contributed by atoms with van der Waals surface area (Å²) in [5.41, 5.74) is -3.80. The zero-order valence-electron chi connectivity index (χ0n) is 20.9. The van der Waals surface area contributed by atoms with Crippen LogP contribution in [0.25, 0.3) is 0 Å². The number of aliphatic hydroxyl groups is 1. The van der Waals surface area contributed by atoms with Crippen LogP contribution in [-0.4, -0.2) is 36.0 Å². The molecule has 0 saturated carbocycles. The number of rotatable bonds is 9. The molecule has 0 aliphatic rings. The highest BCUT2D eigenvalue weighted by Gasteiger charge is 2.73. The van der Waals surface area contributed by atoms with Gasteiger partial charge in [0.15, 0.2) is 6.10 Å². The highest BCUT2D eigenvalue weighted by molar-refractivity contribution is 6.31. The summed E-state index contributed by atoms with van der Waals surface area (Å²) in [7, 11) is 0. The van der Waals surface area contributed by atoms with Gasteiger partial charge in [0.05, 0.1) is 16.6 Å². The van der Waals surface area contributed by atoms with Crippen molar-refractivity contribution in [2.75, 3.05) is 6.54 Å². The SMILES string of the molecule is O[C@H](CNC(c1cccc(Oc2ccc(Cl)c(C(F)(F)F)c2)c1)c1cccc(C(F)(F)C(F)(F)C(F)(F)F)c1)C(F)(F)F. The first kappa shape index (κ1) is 34.3. The molecule has 3 aromatic rings. The molecule has 0 saturated heterocycles. The molecule has 43 heavy (non-hydrogen) atoms. The van der Waals surface area contributed by atoms with Crippen LogP contribution in [0.5, 0.6) is 11.5 Å². The van der Waals surface area contributed by atoms with E-state index >= 15 is 0 Å². The Morgan fingerprint density at radius 3 is 1.84 bits per heavy atom. The number of benzene rings is 3. The Kier molecular flexibility index (Phi) is 9.59. The summed E-state index contributed by atoms with van der Waals surface area (Å²) in [4.78, 5) is 0. The number of alkyl halides is 13. The number of aliphatic hydroxyl groups excluding tert-OH is 1. The van der Waals surface area contributed by atoms with E-state index in [0.29, 0.717) is 12.1 Å². The van der Waals surface area contributed by atoms with Crippen LogP contribution in [0.1, 0.15) is 28.3 Å². The number of nitrogens with one attached hydrogen (secondary N) is 1. The second-order valence-electron chi connectivity index (χ2n) is 8.98. The minimum absolute atomic E-state index is 0.167. The lowest BCUT2D eigenvalue weighted by Crippen LogP contribution is -2.50. The summed E-state index contributed by atoms with van der Waals surface area (Å²) in [6, 6.07) is 7.36. The predicted octanol–water partition coefficient (Wildman–Crippen LogP) is 9.04. The molecule has 3 aromatic carbocycles. The Morgan fingerprint density at radius 1 is 0.721 bits per heavy atom. The van der Waals surface area contributed by atoms with Crippen molar-refractivity contribution in [3.05, 3.63) is 94.0 Å². The molecule has 1 unspecified atom stereocenters. The molecule has 0 amide bonds. The first-order chi connectivity index (χ1) is 19.6. The fourth-order valence-electron chi connectivity index (χ4n) is 3.72. The Bertz CT molecular complexity index is 1420. The molecule has 17 heteroatoms. The lowest BCUT2D eigenvalue weighted by molar-refractivity contribution is -0.359. The zero-order valence-corrected chi connectivity index (χ0v) is 21.6. The molecule has 2 N–H and O–H groups in total. The van der Waals surface area contributed by atoms with Crippen molar-refractivity contribution in [1.29, 1.82) is 0 Å².